The van der Waals surface area contributed by atoms with E-state index in [0.717, 1.165) is 44.8 Å². The summed E-state index contributed by atoms with van der Waals surface area (Å²) in [4.78, 5) is 14.6. The molecule has 0 aliphatic carbocycles. The van der Waals surface area contributed by atoms with Crippen molar-refractivity contribution >= 4 is 18.3 Å². The molecule has 0 saturated carbocycles. The van der Waals surface area contributed by atoms with Crippen molar-refractivity contribution in [3.05, 3.63) is 0 Å². The number of amides is 1. The van der Waals surface area contributed by atoms with Crippen LogP contribution in [0.25, 0.3) is 0 Å². The lowest BCUT2D eigenvalue weighted by molar-refractivity contribution is -0.132. The minimum absolute atomic E-state index is 0. The molecule has 2 unspecified atom stereocenters. The van der Waals surface area contributed by atoms with E-state index in [1.54, 1.807) is 0 Å². The van der Waals surface area contributed by atoms with Crippen LogP contribution in [0.3, 0.4) is 0 Å². The molecule has 1 N–H and O–H groups in total. The molecule has 3 nitrogen and oxygen atoms in total. The van der Waals surface area contributed by atoms with Crippen LogP contribution in [0, 0.1) is 11.3 Å². The Hall–Kier alpha value is -0.280. The van der Waals surface area contributed by atoms with Crippen LogP contribution < -0.4 is 5.32 Å². The zero-order valence-electron chi connectivity index (χ0n) is 13.3. The van der Waals surface area contributed by atoms with Crippen LogP contribution in [0.5, 0.6) is 0 Å². The van der Waals surface area contributed by atoms with Gasteiger partial charge in [0.05, 0.1) is 0 Å². The lowest BCUT2D eigenvalue weighted by Gasteiger charge is -2.30. The summed E-state index contributed by atoms with van der Waals surface area (Å²) < 4.78 is 0. The molecule has 2 atom stereocenters. The van der Waals surface area contributed by atoms with Crippen molar-refractivity contribution in [1.82, 2.24) is 10.2 Å². The second-order valence-corrected chi connectivity index (χ2v) is 7.55. The number of hydrogen-bond donors (Lipinski definition) is 1. The van der Waals surface area contributed by atoms with Crippen molar-refractivity contribution in [2.75, 3.05) is 19.6 Å². The molecule has 0 aromatic rings. The Balaban J connectivity index is 0.00000200. The van der Waals surface area contributed by atoms with Crippen LogP contribution >= 0.6 is 12.4 Å². The summed E-state index contributed by atoms with van der Waals surface area (Å²) in [7, 11) is 0. The van der Waals surface area contributed by atoms with E-state index in [1.165, 1.54) is 19.3 Å². The third-order valence-corrected chi connectivity index (χ3v) is 4.47. The lowest BCUT2D eigenvalue weighted by Crippen LogP contribution is -2.37. The summed E-state index contributed by atoms with van der Waals surface area (Å²) in [5, 5.41) is 3.38. The number of halogens is 1. The maximum Gasteiger partial charge on any atom is 0.222 e. The van der Waals surface area contributed by atoms with E-state index in [4.69, 9.17) is 0 Å². The van der Waals surface area contributed by atoms with E-state index in [1.807, 2.05) is 0 Å². The number of nitrogens with zero attached hydrogens (tertiary/aromatic N) is 1. The smallest absolute Gasteiger partial charge is 0.222 e. The zero-order valence-corrected chi connectivity index (χ0v) is 14.1. The highest BCUT2D eigenvalue weighted by atomic mass is 35.5. The summed E-state index contributed by atoms with van der Waals surface area (Å²) in [6, 6.07) is 0.495. The SMILES string of the molecule is CC(C)(C)CC1CCCN1C(=O)CCC1CCNC1.Cl. The second kappa shape index (κ2) is 7.65. The molecule has 2 fully saturated rings. The first-order valence-electron chi connectivity index (χ1n) is 7.96. The number of carbonyl (C=O) groups excluding carboxylic acids is 1. The number of rotatable bonds is 4. The molecule has 0 bridgehead atoms. The predicted molar refractivity (Wildman–Crippen MR) is 86.3 cm³/mol. The molecule has 0 spiro atoms. The van der Waals surface area contributed by atoms with Crippen LogP contribution in [-0.4, -0.2) is 36.5 Å². The zero-order chi connectivity index (χ0) is 13.9. The summed E-state index contributed by atoms with van der Waals surface area (Å²) >= 11 is 0. The van der Waals surface area contributed by atoms with Gasteiger partial charge >= 0.3 is 0 Å². The van der Waals surface area contributed by atoms with Gasteiger partial charge in [0.15, 0.2) is 0 Å². The van der Waals surface area contributed by atoms with E-state index in [9.17, 15) is 4.79 Å². The first kappa shape index (κ1) is 17.8. The maximum atomic E-state index is 12.4. The molecule has 0 aromatic carbocycles. The molecule has 0 aromatic heterocycles. The molecule has 2 heterocycles. The third-order valence-electron chi connectivity index (χ3n) is 4.47. The highest BCUT2D eigenvalue weighted by molar-refractivity contribution is 5.85. The van der Waals surface area contributed by atoms with Gasteiger partial charge in [0.1, 0.15) is 0 Å². The van der Waals surface area contributed by atoms with Crippen LogP contribution in [0.15, 0.2) is 0 Å². The summed E-state index contributed by atoms with van der Waals surface area (Å²) in [5.74, 6) is 1.13. The summed E-state index contributed by atoms with van der Waals surface area (Å²) in [5.41, 5.74) is 0.322. The van der Waals surface area contributed by atoms with Crippen LogP contribution in [0.2, 0.25) is 0 Å². The Kier molecular flexibility index (Phi) is 6.80. The standard InChI is InChI=1S/C16H30N2O.ClH/c1-16(2,3)11-14-5-4-10-18(14)15(19)7-6-13-8-9-17-12-13;/h13-14,17H,4-12H2,1-3H3;1H. The van der Waals surface area contributed by atoms with Crippen molar-refractivity contribution < 1.29 is 4.79 Å². The lowest BCUT2D eigenvalue weighted by atomic mass is 9.87. The molecule has 2 saturated heterocycles. The van der Waals surface area contributed by atoms with Gasteiger partial charge in [-0.3, -0.25) is 4.79 Å². The number of hydrogen-bond acceptors (Lipinski definition) is 2. The molecule has 1 amide bonds. The van der Waals surface area contributed by atoms with Crippen molar-refractivity contribution in [3.63, 3.8) is 0 Å². The first-order valence-corrected chi connectivity index (χ1v) is 7.96. The molecular formula is C16H31ClN2O. The minimum Gasteiger partial charge on any atom is -0.340 e. The van der Waals surface area contributed by atoms with E-state index < -0.39 is 0 Å². The van der Waals surface area contributed by atoms with Gasteiger partial charge in [0.2, 0.25) is 5.91 Å². The fraction of sp³-hybridized carbons (Fsp3) is 0.938. The largest absolute Gasteiger partial charge is 0.340 e. The summed E-state index contributed by atoms with van der Waals surface area (Å²) in [6.45, 7) is 10.1. The van der Waals surface area contributed by atoms with Gasteiger partial charge in [-0.25, -0.2) is 0 Å². The number of nitrogens with one attached hydrogen (secondary N) is 1. The molecular weight excluding hydrogens is 272 g/mol. The van der Waals surface area contributed by atoms with Gasteiger partial charge in [-0.2, -0.15) is 0 Å². The fourth-order valence-corrected chi connectivity index (χ4v) is 3.52. The van der Waals surface area contributed by atoms with Gasteiger partial charge in [-0.05, 0) is 56.5 Å². The Labute approximate surface area is 130 Å². The average molecular weight is 303 g/mol. The molecule has 2 rings (SSSR count). The van der Waals surface area contributed by atoms with Crippen LogP contribution in [0.4, 0.5) is 0 Å². The minimum atomic E-state index is 0. The maximum absolute atomic E-state index is 12.4. The van der Waals surface area contributed by atoms with Gasteiger partial charge in [0, 0.05) is 19.0 Å². The molecule has 0 radical (unpaired) electrons. The molecule has 2 aliphatic rings. The molecule has 4 heteroatoms. The topological polar surface area (TPSA) is 32.3 Å². The summed E-state index contributed by atoms with van der Waals surface area (Å²) in [6.07, 6.45) is 6.62. The normalized spacial score (nSPS) is 26.6. The first-order chi connectivity index (χ1) is 8.96. The van der Waals surface area contributed by atoms with Crippen LogP contribution in [0.1, 0.15) is 59.3 Å². The molecule has 20 heavy (non-hydrogen) atoms. The van der Waals surface area contributed by atoms with Crippen molar-refractivity contribution in [2.24, 2.45) is 11.3 Å². The quantitative estimate of drug-likeness (QED) is 0.865. The molecule has 118 valence electrons. The Morgan fingerprint density at radius 3 is 2.65 bits per heavy atom. The van der Waals surface area contributed by atoms with Crippen LogP contribution in [-0.2, 0) is 4.79 Å². The van der Waals surface area contributed by atoms with Gasteiger partial charge in [-0.1, -0.05) is 20.8 Å². The third kappa shape index (κ3) is 5.25. The average Bonchev–Trinajstić information content (AvgIpc) is 2.94. The number of carbonyl (C=O) groups is 1. The fourth-order valence-electron chi connectivity index (χ4n) is 3.52. The van der Waals surface area contributed by atoms with Crippen molar-refractivity contribution in [3.8, 4) is 0 Å². The predicted octanol–water partition coefficient (Wildman–Crippen LogP) is 3.23. The molecule has 2 aliphatic heterocycles. The van der Waals surface area contributed by atoms with E-state index in [-0.39, 0.29) is 12.4 Å². The van der Waals surface area contributed by atoms with Gasteiger partial charge in [-0.15, -0.1) is 12.4 Å². The van der Waals surface area contributed by atoms with E-state index >= 15 is 0 Å². The van der Waals surface area contributed by atoms with Crippen molar-refractivity contribution in [2.45, 2.75) is 65.3 Å². The van der Waals surface area contributed by atoms with Crippen molar-refractivity contribution in [1.29, 1.82) is 0 Å². The Morgan fingerprint density at radius 1 is 1.30 bits per heavy atom. The second-order valence-electron chi connectivity index (χ2n) is 7.55. The Morgan fingerprint density at radius 2 is 2.05 bits per heavy atom. The Bertz CT molecular complexity index is 308. The van der Waals surface area contributed by atoms with E-state index in [0.29, 0.717) is 17.4 Å². The highest BCUT2D eigenvalue weighted by Gasteiger charge is 2.31. The monoisotopic (exact) mass is 302 g/mol. The van der Waals surface area contributed by atoms with Gasteiger partial charge < -0.3 is 10.2 Å². The van der Waals surface area contributed by atoms with E-state index in [2.05, 4.69) is 31.0 Å². The highest BCUT2D eigenvalue weighted by Crippen LogP contribution is 2.30. The van der Waals surface area contributed by atoms with Gasteiger partial charge in [0.25, 0.3) is 0 Å². The number of likely N-dealkylation sites (tertiary alicyclic amines) is 1.